The molecule has 2 aromatic carbocycles. The lowest BCUT2D eigenvalue weighted by Crippen LogP contribution is -2.35. The number of fused-ring (bicyclic) bond motifs is 1. The number of piperidine rings is 1. The summed E-state index contributed by atoms with van der Waals surface area (Å²) >= 11 is 0. The van der Waals surface area contributed by atoms with Crippen LogP contribution in [0.2, 0.25) is 0 Å². The van der Waals surface area contributed by atoms with Crippen LogP contribution in [0.4, 0.5) is 11.4 Å². The zero-order chi connectivity index (χ0) is 18.8. The smallest absolute Gasteiger partial charge is 0.278 e. The zero-order valence-electron chi connectivity index (χ0n) is 14.9. The Bertz CT molecular complexity index is 953. The SMILES string of the molecule is O=[N+]([O-])c1ccc(N2CCC(C(O)c3ccccc3)CC2)c2ccncc12. The predicted molar refractivity (Wildman–Crippen MR) is 105 cm³/mol. The number of aliphatic hydroxyl groups is 1. The second kappa shape index (κ2) is 7.32. The average Bonchev–Trinajstić information content (AvgIpc) is 2.73. The van der Waals surface area contributed by atoms with Crippen LogP contribution in [0.5, 0.6) is 0 Å². The number of hydrogen-bond donors (Lipinski definition) is 1. The number of hydrogen-bond acceptors (Lipinski definition) is 5. The minimum Gasteiger partial charge on any atom is -0.388 e. The maximum absolute atomic E-state index is 11.3. The van der Waals surface area contributed by atoms with Gasteiger partial charge < -0.3 is 10.0 Å². The maximum atomic E-state index is 11.3. The van der Waals surface area contributed by atoms with Gasteiger partial charge in [0.25, 0.3) is 5.69 Å². The van der Waals surface area contributed by atoms with E-state index < -0.39 is 6.10 Å². The van der Waals surface area contributed by atoms with E-state index in [0.717, 1.165) is 42.6 Å². The molecule has 1 aromatic heterocycles. The van der Waals surface area contributed by atoms with E-state index in [1.165, 1.54) is 0 Å². The second-order valence-electron chi connectivity index (χ2n) is 6.96. The molecule has 0 amide bonds. The summed E-state index contributed by atoms with van der Waals surface area (Å²) in [5, 5.41) is 23.4. The molecule has 1 unspecified atom stereocenters. The highest BCUT2D eigenvalue weighted by molar-refractivity contribution is 5.99. The van der Waals surface area contributed by atoms with Crippen LogP contribution in [-0.2, 0) is 0 Å². The summed E-state index contributed by atoms with van der Waals surface area (Å²) in [5.41, 5.74) is 2.03. The standard InChI is InChI=1S/C21H21N3O3/c25-21(15-4-2-1-3-5-15)16-9-12-23(13-10-16)19-6-7-20(24(26)27)18-14-22-11-8-17(18)19/h1-8,11,14,16,21,25H,9-10,12-13H2. The van der Waals surface area contributed by atoms with E-state index in [1.54, 1.807) is 18.5 Å². The van der Waals surface area contributed by atoms with Gasteiger partial charge in [-0.15, -0.1) is 0 Å². The molecule has 4 rings (SSSR count). The summed E-state index contributed by atoms with van der Waals surface area (Å²) in [6.45, 7) is 1.62. The van der Waals surface area contributed by atoms with Gasteiger partial charge >= 0.3 is 0 Å². The van der Waals surface area contributed by atoms with Crippen LogP contribution in [0.3, 0.4) is 0 Å². The van der Waals surface area contributed by atoms with Crippen molar-refractivity contribution in [2.75, 3.05) is 18.0 Å². The third kappa shape index (κ3) is 3.36. The summed E-state index contributed by atoms with van der Waals surface area (Å²) < 4.78 is 0. The molecule has 1 N–H and O–H groups in total. The number of aromatic nitrogens is 1. The fraction of sp³-hybridized carbons (Fsp3) is 0.286. The number of nitrogens with zero attached hydrogens (tertiary/aromatic N) is 3. The summed E-state index contributed by atoms with van der Waals surface area (Å²) in [6.07, 6.45) is 4.52. The molecule has 3 aromatic rings. The third-order valence-corrected chi connectivity index (χ3v) is 5.44. The average molecular weight is 363 g/mol. The largest absolute Gasteiger partial charge is 0.388 e. The monoisotopic (exact) mass is 363 g/mol. The van der Waals surface area contributed by atoms with Gasteiger partial charge in [-0.25, -0.2) is 0 Å². The number of pyridine rings is 1. The van der Waals surface area contributed by atoms with Gasteiger partial charge in [-0.2, -0.15) is 0 Å². The number of non-ortho nitro benzene ring substituents is 1. The molecule has 1 aliphatic rings. The first-order valence-electron chi connectivity index (χ1n) is 9.14. The first kappa shape index (κ1) is 17.4. The van der Waals surface area contributed by atoms with E-state index in [-0.39, 0.29) is 16.5 Å². The molecule has 1 aliphatic heterocycles. The van der Waals surface area contributed by atoms with E-state index >= 15 is 0 Å². The van der Waals surface area contributed by atoms with Gasteiger partial charge in [0.1, 0.15) is 0 Å². The van der Waals surface area contributed by atoms with Crippen LogP contribution in [0.15, 0.2) is 60.9 Å². The molecular formula is C21H21N3O3. The fourth-order valence-electron chi connectivity index (χ4n) is 3.97. The van der Waals surface area contributed by atoms with E-state index in [4.69, 9.17) is 0 Å². The van der Waals surface area contributed by atoms with Crippen molar-refractivity contribution < 1.29 is 10.0 Å². The first-order valence-corrected chi connectivity index (χ1v) is 9.14. The summed E-state index contributed by atoms with van der Waals surface area (Å²) in [7, 11) is 0. The molecule has 0 saturated carbocycles. The Morgan fingerprint density at radius 1 is 1.07 bits per heavy atom. The Kier molecular flexibility index (Phi) is 4.73. The predicted octanol–water partition coefficient (Wildman–Crippen LogP) is 4.09. The molecule has 0 radical (unpaired) electrons. The summed E-state index contributed by atoms with van der Waals surface area (Å²) in [4.78, 5) is 17.2. The molecule has 1 fully saturated rings. The Hall–Kier alpha value is -2.99. The van der Waals surface area contributed by atoms with Crippen molar-refractivity contribution in [3.05, 3.63) is 76.6 Å². The van der Waals surface area contributed by atoms with Gasteiger partial charge in [0.2, 0.25) is 0 Å². The number of rotatable bonds is 4. The van der Waals surface area contributed by atoms with Crippen LogP contribution in [0.25, 0.3) is 10.8 Å². The Balaban J connectivity index is 1.55. The molecule has 1 atom stereocenters. The Morgan fingerprint density at radius 3 is 2.52 bits per heavy atom. The molecule has 1 saturated heterocycles. The van der Waals surface area contributed by atoms with Crippen molar-refractivity contribution in [1.82, 2.24) is 4.98 Å². The minimum absolute atomic E-state index is 0.0798. The maximum Gasteiger partial charge on any atom is 0.278 e. The number of nitro groups is 1. The second-order valence-corrected chi connectivity index (χ2v) is 6.96. The molecule has 0 bridgehead atoms. The van der Waals surface area contributed by atoms with Crippen molar-refractivity contribution in [2.45, 2.75) is 18.9 Å². The lowest BCUT2D eigenvalue weighted by Gasteiger charge is -2.36. The van der Waals surface area contributed by atoms with Crippen molar-refractivity contribution >= 4 is 22.1 Å². The number of aliphatic hydroxyl groups excluding tert-OH is 1. The van der Waals surface area contributed by atoms with Gasteiger partial charge in [0.05, 0.1) is 16.4 Å². The fourth-order valence-corrected chi connectivity index (χ4v) is 3.97. The quantitative estimate of drug-likeness (QED) is 0.558. The van der Waals surface area contributed by atoms with Crippen LogP contribution < -0.4 is 4.90 Å². The first-order chi connectivity index (χ1) is 13.1. The number of nitro benzene ring substituents is 1. The molecule has 27 heavy (non-hydrogen) atoms. The molecule has 0 aliphatic carbocycles. The third-order valence-electron chi connectivity index (χ3n) is 5.44. The van der Waals surface area contributed by atoms with Crippen molar-refractivity contribution in [3.8, 4) is 0 Å². The topological polar surface area (TPSA) is 79.5 Å². The molecular weight excluding hydrogens is 342 g/mol. The number of benzene rings is 2. The van der Waals surface area contributed by atoms with Crippen LogP contribution in [0, 0.1) is 16.0 Å². The van der Waals surface area contributed by atoms with Crippen molar-refractivity contribution in [2.24, 2.45) is 5.92 Å². The molecule has 6 nitrogen and oxygen atoms in total. The van der Waals surface area contributed by atoms with E-state index in [9.17, 15) is 15.2 Å². The highest BCUT2D eigenvalue weighted by Gasteiger charge is 2.27. The van der Waals surface area contributed by atoms with Gasteiger partial charge in [-0.1, -0.05) is 30.3 Å². The van der Waals surface area contributed by atoms with Crippen LogP contribution in [0.1, 0.15) is 24.5 Å². The van der Waals surface area contributed by atoms with E-state index in [2.05, 4.69) is 9.88 Å². The highest BCUT2D eigenvalue weighted by Crippen LogP contribution is 2.37. The Morgan fingerprint density at radius 2 is 1.81 bits per heavy atom. The normalized spacial score (nSPS) is 16.4. The lowest BCUT2D eigenvalue weighted by atomic mass is 9.87. The molecule has 6 heteroatoms. The minimum atomic E-state index is -0.453. The lowest BCUT2D eigenvalue weighted by molar-refractivity contribution is -0.383. The highest BCUT2D eigenvalue weighted by atomic mass is 16.6. The zero-order valence-corrected chi connectivity index (χ0v) is 14.9. The van der Waals surface area contributed by atoms with Gasteiger partial charge in [0, 0.05) is 42.6 Å². The van der Waals surface area contributed by atoms with Crippen molar-refractivity contribution in [1.29, 1.82) is 0 Å². The van der Waals surface area contributed by atoms with Crippen molar-refractivity contribution in [3.63, 3.8) is 0 Å². The molecule has 0 spiro atoms. The van der Waals surface area contributed by atoms with Crippen LogP contribution >= 0.6 is 0 Å². The molecule has 138 valence electrons. The Labute approximate surface area is 157 Å². The number of anilines is 1. The van der Waals surface area contributed by atoms with Gasteiger partial charge in [-0.05, 0) is 36.5 Å². The molecule has 2 heterocycles. The van der Waals surface area contributed by atoms with E-state index in [0.29, 0.717) is 5.39 Å². The summed E-state index contributed by atoms with van der Waals surface area (Å²) in [6, 6.07) is 15.0. The van der Waals surface area contributed by atoms with Gasteiger partial charge in [-0.3, -0.25) is 15.1 Å². The van der Waals surface area contributed by atoms with Gasteiger partial charge in [0.15, 0.2) is 0 Å². The summed E-state index contributed by atoms with van der Waals surface area (Å²) in [5.74, 6) is 0.217. The van der Waals surface area contributed by atoms with Crippen LogP contribution in [-0.4, -0.2) is 28.1 Å². The van der Waals surface area contributed by atoms with E-state index in [1.807, 2.05) is 42.5 Å².